The third kappa shape index (κ3) is 13.9. The summed E-state index contributed by atoms with van der Waals surface area (Å²) in [6.07, 6.45) is -6.32. The molecular formula is C9H6CuO7. The number of carbonyl (C=O) groups is 3. The van der Waals surface area contributed by atoms with E-state index in [0.29, 0.717) is 0 Å². The van der Waals surface area contributed by atoms with E-state index in [4.69, 9.17) is 0 Å². The minimum Gasteiger partial charge on any atom is -0.467 e. The van der Waals surface area contributed by atoms with Crippen molar-refractivity contribution >= 4 is 18.5 Å². The predicted molar refractivity (Wildman–Crippen MR) is 44.8 cm³/mol. The molecule has 0 atom stereocenters. The Balaban J connectivity index is 0. The van der Waals surface area contributed by atoms with Gasteiger partial charge in [0.05, 0.1) is 0 Å². The van der Waals surface area contributed by atoms with Crippen molar-refractivity contribution in [2.45, 2.75) is 0 Å². The largest absolute Gasteiger partial charge is 2.00 e. The molecule has 7 nitrogen and oxygen atoms in total. The van der Waals surface area contributed by atoms with E-state index in [0.717, 1.165) is 0 Å². The van der Waals surface area contributed by atoms with Gasteiger partial charge in [0.25, 0.3) is 12.3 Å². The van der Waals surface area contributed by atoms with Crippen LogP contribution in [0.3, 0.4) is 0 Å². The third-order valence-electron chi connectivity index (χ3n) is 1.00. The zero-order valence-corrected chi connectivity index (χ0v) is 9.07. The molecular weight excluding hydrogens is 284 g/mol. The Labute approximate surface area is 106 Å². The molecule has 0 bridgehead atoms. The van der Waals surface area contributed by atoms with Gasteiger partial charge in [-0.15, -0.1) is 0 Å². The van der Waals surface area contributed by atoms with Crippen LogP contribution in [0.1, 0.15) is 0 Å². The smallest absolute Gasteiger partial charge is 0.467 e. The van der Waals surface area contributed by atoms with Gasteiger partial charge in [-0.25, -0.2) is 4.79 Å². The molecule has 0 heterocycles. The Kier molecular flexibility index (Phi) is 10.7. The molecule has 0 saturated carbocycles. The first kappa shape index (κ1) is 17.3. The summed E-state index contributed by atoms with van der Waals surface area (Å²) >= 11 is 0. The summed E-state index contributed by atoms with van der Waals surface area (Å²) in [5, 5.41) is 18.7. The van der Waals surface area contributed by atoms with E-state index < -0.39 is 18.5 Å². The van der Waals surface area contributed by atoms with Gasteiger partial charge in [0.15, 0.2) is 0 Å². The van der Waals surface area contributed by atoms with Gasteiger partial charge < -0.3 is 29.3 Å². The first-order valence-corrected chi connectivity index (χ1v) is 3.84. The fraction of sp³-hybridized carbons (Fsp3) is 0. The third-order valence-corrected chi connectivity index (χ3v) is 1.00. The Morgan fingerprint density at radius 1 is 0.706 bits per heavy atom. The van der Waals surface area contributed by atoms with Crippen LogP contribution >= 0.6 is 0 Å². The van der Waals surface area contributed by atoms with Crippen LogP contribution in [0, 0.1) is 0 Å². The molecule has 0 aromatic heterocycles. The fourth-order valence-corrected chi connectivity index (χ4v) is 0.542. The molecule has 1 radical (unpaired) electrons. The SMILES string of the molecule is O=C([O-])OC(=O)OC(=O)[O-].[Cu+2].c1ccccc1. The summed E-state index contributed by atoms with van der Waals surface area (Å²) < 4.78 is 6.17. The van der Waals surface area contributed by atoms with Gasteiger partial charge in [-0.3, -0.25) is 0 Å². The Hall–Kier alpha value is -2.05. The number of carboxylic acid groups (broad SMARTS) is 2. The zero-order valence-electron chi connectivity index (χ0n) is 8.12. The number of ether oxygens (including phenoxy) is 2. The number of carbonyl (C=O) groups excluding carboxylic acids is 3. The number of rotatable bonds is 0. The van der Waals surface area contributed by atoms with Crippen LogP contribution in [0.25, 0.3) is 0 Å². The predicted octanol–water partition coefficient (Wildman–Crippen LogP) is -0.490. The maximum absolute atomic E-state index is 9.78. The molecule has 0 N–H and O–H groups in total. The van der Waals surface area contributed by atoms with E-state index >= 15 is 0 Å². The fourth-order valence-electron chi connectivity index (χ4n) is 0.542. The molecule has 0 aliphatic heterocycles. The van der Waals surface area contributed by atoms with Crippen molar-refractivity contribution in [2.75, 3.05) is 0 Å². The monoisotopic (exact) mass is 289 g/mol. The van der Waals surface area contributed by atoms with Crippen LogP contribution < -0.4 is 10.2 Å². The van der Waals surface area contributed by atoms with E-state index in [-0.39, 0.29) is 17.1 Å². The van der Waals surface area contributed by atoms with Crippen LogP contribution in [0.5, 0.6) is 0 Å². The number of hydrogen-bond acceptors (Lipinski definition) is 7. The van der Waals surface area contributed by atoms with E-state index in [1.807, 2.05) is 36.4 Å². The number of hydrogen-bond donors (Lipinski definition) is 0. The normalized spacial score (nSPS) is 7.53. The molecule has 0 unspecified atom stereocenters. The minimum absolute atomic E-state index is 0. The second kappa shape index (κ2) is 10.5. The van der Waals surface area contributed by atoms with Crippen LogP contribution in [0.15, 0.2) is 36.4 Å². The van der Waals surface area contributed by atoms with Gasteiger partial charge in [0.1, 0.15) is 0 Å². The van der Waals surface area contributed by atoms with Crippen LogP contribution in [-0.4, -0.2) is 18.5 Å². The molecule has 0 spiro atoms. The van der Waals surface area contributed by atoms with Crippen LogP contribution in [0.2, 0.25) is 0 Å². The molecule has 8 heteroatoms. The zero-order chi connectivity index (χ0) is 12.4. The van der Waals surface area contributed by atoms with Gasteiger partial charge in [-0.2, -0.15) is 0 Å². The average molecular weight is 290 g/mol. The summed E-state index contributed by atoms with van der Waals surface area (Å²) in [5.74, 6) is 0. The van der Waals surface area contributed by atoms with E-state index in [1.165, 1.54) is 0 Å². The standard InChI is InChI=1S/C6H6.C3H2O7.Cu/c1-2-4-6-5-3-1;4-1(5)9-3(8)10-2(6)7;/h1-6H;(H,4,5)(H,6,7);/q;;+2/p-2. The van der Waals surface area contributed by atoms with Crippen molar-refractivity contribution in [3.63, 3.8) is 0 Å². The van der Waals surface area contributed by atoms with Gasteiger partial charge >= 0.3 is 23.2 Å². The molecule has 0 aliphatic rings. The van der Waals surface area contributed by atoms with Gasteiger partial charge in [-0.1, -0.05) is 36.4 Å². The summed E-state index contributed by atoms with van der Waals surface area (Å²) in [6, 6.07) is 12.0. The molecule has 17 heavy (non-hydrogen) atoms. The summed E-state index contributed by atoms with van der Waals surface area (Å²) in [6.45, 7) is 0. The molecule has 0 aliphatic carbocycles. The van der Waals surface area contributed by atoms with Crippen molar-refractivity contribution in [3.05, 3.63) is 36.4 Å². The first-order valence-electron chi connectivity index (χ1n) is 3.84. The molecule has 0 amide bonds. The van der Waals surface area contributed by atoms with Crippen molar-refractivity contribution < 1.29 is 51.1 Å². The van der Waals surface area contributed by atoms with Crippen LogP contribution in [0.4, 0.5) is 14.4 Å². The second-order valence-electron chi connectivity index (χ2n) is 2.11. The van der Waals surface area contributed by atoms with Gasteiger partial charge in [0, 0.05) is 0 Å². The Morgan fingerprint density at radius 2 is 0.941 bits per heavy atom. The number of benzene rings is 1. The summed E-state index contributed by atoms with van der Waals surface area (Å²) in [7, 11) is 0. The van der Waals surface area contributed by atoms with E-state index in [1.54, 1.807) is 0 Å². The van der Waals surface area contributed by atoms with Gasteiger partial charge in [-0.05, 0) is 0 Å². The van der Waals surface area contributed by atoms with Gasteiger partial charge in [0.2, 0.25) is 0 Å². The maximum Gasteiger partial charge on any atom is 2.00 e. The molecule has 95 valence electrons. The molecule has 1 rings (SSSR count). The van der Waals surface area contributed by atoms with E-state index in [9.17, 15) is 24.6 Å². The minimum atomic E-state index is -2.20. The average Bonchev–Trinajstić information content (AvgIpc) is 2.18. The topological polar surface area (TPSA) is 116 Å². The Bertz CT molecular complexity index is 307. The van der Waals surface area contributed by atoms with Crippen molar-refractivity contribution in [2.24, 2.45) is 0 Å². The Morgan fingerprint density at radius 3 is 1.12 bits per heavy atom. The van der Waals surface area contributed by atoms with Crippen LogP contribution in [-0.2, 0) is 26.5 Å². The summed E-state index contributed by atoms with van der Waals surface area (Å²) in [5.41, 5.74) is 0. The van der Waals surface area contributed by atoms with E-state index in [2.05, 4.69) is 9.47 Å². The molecule has 0 saturated heterocycles. The quantitative estimate of drug-likeness (QED) is 0.359. The van der Waals surface area contributed by atoms with Crippen molar-refractivity contribution in [1.82, 2.24) is 0 Å². The molecule has 1 aromatic carbocycles. The molecule has 0 fully saturated rings. The maximum atomic E-state index is 9.78. The molecule has 1 aromatic rings. The first-order chi connectivity index (χ1) is 7.52. The van der Waals surface area contributed by atoms with Crippen molar-refractivity contribution in [1.29, 1.82) is 0 Å². The second-order valence-corrected chi connectivity index (χ2v) is 2.11. The summed E-state index contributed by atoms with van der Waals surface area (Å²) in [4.78, 5) is 28.5. The van der Waals surface area contributed by atoms with Crippen molar-refractivity contribution in [3.8, 4) is 0 Å².